The Balaban J connectivity index is 1.76. The number of nitrogens with zero attached hydrogens (tertiary/aromatic N) is 4. The Morgan fingerprint density at radius 2 is 1.97 bits per heavy atom. The number of anilines is 1. The lowest BCUT2D eigenvalue weighted by atomic mass is 10.1. The van der Waals surface area contributed by atoms with Gasteiger partial charge in [-0.3, -0.25) is 4.79 Å². The summed E-state index contributed by atoms with van der Waals surface area (Å²) in [6.45, 7) is 4.45. The first kappa shape index (κ1) is 25.2. The van der Waals surface area contributed by atoms with E-state index in [0.29, 0.717) is 32.4 Å². The first-order chi connectivity index (χ1) is 15.7. The number of halogens is 2. The highest BCUT2D eigenvalue weighted by molar-refractivity contribution is 7.89. The fraction of sp³-hybridized carbons (Fsp3) is 0.571. The number of nitrogens with one attached hydrogen (secondary N) is 1. The number of piperidine rings is 1. The fourth-order valence-electron chi connectivity index (χ4n) is 3.64. The number of rotatable bonds is 9. The van der Waals surface area contributed by atoms with Gasteiger partial charge >= 0.3 is 0 Å². The summed E-state index contributed by atoms with van der Waals surface area (Å²) in [6, 6.07) is 0.600. The first-order valence-corrected chi connectivity index (χ1v) is 12.4. The summed E-state index contributed by atoms with van der Waals surface area (Å²) in [5, 5.41) is 3.11. The molecule has 0 aliphatic carbocycles. The standard InChI is InChI=1S/C21H29F2N5O4S/c1-4-14(2)28-13-15(11-17(22)20(28)29)19-18(23)12-24-21(26-19)25-16-5-7-27(8-6-16)33(30,31)10-9-32-3/h11-14,16H,4-10H2,1-3H3,(H,24,25,26). The highest BCUT2D eigenvalue weighted by Crippen LogP contribution is 2.24. The van der Waals surface area contributed by atoms with Gasteiger partial charge in [-0.25, -0.2) is 31.5 Å². The Kier molecular flexibility index (Phi) is 8.14. The van der Waals surface area contributed by atoms with E-state index in [9.17, 15) is 22.0 Å². The highest BCUT2D eigenvalue weighted by Gasteiger charge is 2.28. The molecule has 1 aliphatic rings. The molecule has 1 N–H and O–H groups in total. The lowest BCUT2D eigenvalue weighted by Gasteiger charge is -2.31. The van der Waals surface area contributed by atoms with E-state index in [-0.39, 0.29) is 41.6 Å². The molecule has 33 heavy (non-hydrogen) atoms. The molecular weight excluding hydrogens is 456 g/mol. The predicted molar refractivity (Wildman–Crippen MR) is 121 cm³/mol. The van der Waals surface area contributed by atoms with E-state index in [1.54, 1.807) is 6.92 Å². The molecule has 1 aliphatic heterocycles. The normalized spacial score (nSPS) is 16.6. The third-order valence-corrected chi connectivity index (χ3v) is 7.64. The third-order valence-electron chi connectivity index (χ3n) is 5.81. The number of sulfonamides is 1. The van der Waals surface area contributed by atoms with Crippen molar-refractivity contribution in [1.82, 2.24) is 18.8 Å². The summed E-state index contributed by atoms with van der Waals surface area (Å²) in [4.78, 5) is 20.3. The van der Waals surface area contributed by atoms with E-state index in [2.05, 4.69) is 15.3 Å². The van der Waals surface area contributed by atoms with Crippen molar-refractivity contribution in [3.63, 3.8) is 0 Å². The molecule has 0 amide bonds. The van der Waals surface area contributed by atoms with E-state index in [1.165, 1.54) is 22.2 Å². The van der Waals surface area contributed by atoms with Crippen LogP contribution in [0.15, 0.2) is 23.3 Å². The number of aromatic nitrogens is 3. The molecule has 1 unspecified atom stereocenters. The Morgan fingerprint density at radius 3 is 2.61 bits per heavy atom. The Morgan fingerprint density at radius 1 is 1.27 bits per heavy atom. The maximum atomic E-state index is 14.5. The molecule has 12 heteroatoms. The Bertz CT molecular complexity index is 1130. The molecule has 3 rings (SSSR count). The summed E-state index contributed by atoms with van der Waals surface area (Å²) in [7, 11) is -1.92. The minimum atomic E-state index is -3.37. The SMILES string of the molecule is CCC(C)n1cc(-c2nc(NC3CCN(S(=O)(=O)CCOC)CC3)ncc2F)cc(F)c1=O. The van der Waals surface area contributed by atoms with Crippen molar-refractivity contribution in [2.24, 2.45) is 0 Å². The van der Waals surface area contributed by atoms with Crippen molar-refractivity contribution in [3.05, 3.63) is 40.4 Å². The van der Waals surface area contributed by atoms with Crippen molar-refractivity contribution in [1.29, 1.82) is 0 Å². The van der Waals surface area contributed by atoms with Crippen molar-refractivity contribution in [3.8, 4) is 11.3 Å². The van der Waals surface area contributed by atoms with E-state index in [0.717, 1.165) is 12.3 Å². The van der Waals surface area contributed by atoms with Crippen LogP contribution in [0.5, 0.6) is 0 Å². The van der Waals surface area contributed by atoms with Gasteiger partial charge in [-0.05, 0) is 32.3 Å². The summed E-state index contributed by atoms with van der Waals surface area (Å²) >= 11 is 0. The van der Waals surface area contributed by atoms with Gasteiger partial charge in [0.25, 0.3) is 5.56 Å². The first-order valence-electron chi connectivity index (χ1n) is 10.8. The Hall–Kier alpha value is -2.44. The largest absolute Gasteiger partial charge is 0.384 e. The minimum absolute atomic E-state index is 0.0681. The van der Waals surface area contributed by atoms with Crippen LogP contribution >= 0.6 is 0 Å². The molecule has 0 bridgehead atoms. The Labute approximate surface area is 191 Å². The minimum Gasteiger partial charge on any atom is -0.384 e. The second-order valence-corrected chi connectivity index (χ2v) is 10.2. The van der Waals surface area contributed by atoms with E-state index in [1.807, 2.05) is 6.92 Å². The van der Waals surface area contributed by atoms with Crippen LogP contribution in [0.3, 0.4) is 0 Å². The number of pyridine rings is 1. The quantitative estimate of drug-likeness (QED) is 0.581. The van der Waals surface area contributed by atoms with E-state index >= 15 is 0 Å². The molecule has 3 heterocycles. The molecule has 0 radical (unpaired) electrons. The zero-order valence-corrected chi connectivity index (χ0v) is 19.7. The summed E-state index contributed by atoms with van der Waals surface area (Å²) in [5.74, 6) is -1.65. The van der Waals surface area contributed by atoms with Crippen LogP contribution in [0.25, 0.3) is 11.3 Å². The molecule has 1 saturated heterocycles. The molecule has 0 spiro atoms. The van der Waals surface area contributed by atoms with Gasteiger partial charge in [-0.1, -0.05) is 6.92 Å². The lowest BCUT2D eigenvalue weighted by molar-refractivity contribution is 0.214. The second kappa shape index (κ2) is 10.7. The van der Waals surface area contributed by atoms with Gasteiger partial charge in [0.1, 0.15) is 5.69 Å². The van der Waals surface area contributed by atoms with E-state index < -0.39 is 27.2 Å². The monoisotopic (exact) mass is 485 g/mol. The van der Waals surface area contributed by atoms with Gasteiger partial charge in [-0.15, -0.1) is 0 Å². The fourth-order valence-corrected chi connectivity index (χ4v) is 5.04. The zero-order chi connectivity index (χ0) is 24.2. The average Bonchev–Trinajstić information content (AvgIpc) is 2.80. The van der Waals surface area contributed by atoms with Crippen LogP contribution in [0, 0.1) is 11.6 Å². The lowest BCUT2D eigenvalue weighted by Crippen LogP contribution is -2.43. The van der Waals surface area contributed by atoms with Gasteiger partial charge in [0.05, 0.1) is 18.6 Å². The van der Waals surface area contributed by atoms with Crippen LogP contribution in [0.4, 0.5) is 14.7 Å². The zero-order valence-electron chi connectivity index (χ0n) is 18.9. The maximum absolute atomic E-state index is 14.5. The number of ether oxygens (including phenoxy) is 1. The van der Waals surface area contributed by atoms with Gasteiger partial charge < -0.3 is 14.6 Å². The van der Waals surface area contributed by atoms with Gasteiger partial charge in [0.2, 0.25) is 16.0 Å². The molecule has 2 aromatic heterocycles. The van der Waals surface area contributed by atoms with Gasteiger partial charge in [0, 0.05) is 44.0 Å². The van der Waals surface area contributed by atoms with E-state index in [4.69, 9.17) is 4.74 Å². The highest BCUT2D eigenvalue weighted by atomic mass is 32.2. The third kappa shape index (κ3) is 5.92. The molecule has 9 nitrogen and oxygen atoms in total. The van der Waals surface area contributed by atoms with Gasteiger partial charge in [-0.2, -0.15) is 0 Å². The number of hydrogen-bond donors (Lipinski definition) is 1. The molecule has 0 aromatic carbocycles. The van der Waals surface area contributed by atoms with Crippen LogP contribution in [0.1, 0.15) is 39.2 Å². The van der Waals surface area contributed by atoms with Crippen LogP contribution < -0.4 is 10.9 Å². The van der Waals surface area contributed by atoms with Crippen LogP contribution in [0.2, 0.25) is 0 Å². The summed E-state index contributed by atoms with van der Waals surface area (Å²) in [5.41, 5.74) is -0.759. The van der Waals surface area contributed by atoms with Crippen LogP contribution in [-0.4, -0.2) is 65.9 Å². The van der Waals surface area contributed by atoms with Crippen molar-refractivity contribution >= 4 is 16.0 Å². The average molecular weight is 486 g/mol. The molecule has 1 atom stereocenters. The maximum Gasteiger partial charge on any atom is 0.286 e. The topological polar surface area (TPSA) is 106 Å². The molecule has 1 fully saturated rings. The number of hydrogen-bond acceptors (Lipinski definition) is 7. The van der Waals surface area contributed by atoms with Crippen LogP contribution in [-0.2, 0) is 14.8 Å². The summed E-state index contributed by atoms with van der Waals surface area (Å²) < 4.78 is 60.9. The summed E-state index contributed by atoms with van der Waals surface area (Å²) in [6.07, 6.45) is 4.04. The smallest absolute Gasteiger partial charge is 0.286 e. The molecule has 2 aromatic rings. The molecular formula is C21H29F2N5O4S. The van der Waals surface area contributed by atoms with Crippen molar-refractivity contribution < 1.29 is 21.9 Å². The van der Waals surface area contributed by atoms with Crippen molar-refractivity contribution in [2.45, 2.75) is 45.2 Å². The molecule has 0 saturated carbocycles. The second-order valence-electron chi connectivity index (χ2n) is 8.06. The molecule has 182 valence electrons. The van der Waals surface area contributed by atoms with Gasteiger partial charge in [0.15, 0.2) is 11.6 Å². The van der Waals surface area contributed by atoms with Crippen molar-refractivity contribution in [2.75, 3.05) is 37.9 Å². The predicted octanol–water partition coefficient (Wildman–Crippen LogP) is 2.41. The number of methoxy groups -OCH3 is 1.